The number of urea groups is 1. The molecule has 24 heavy (non-hydrogen) atoms. The summed E-state index contributed by atoms with van der Waals surface area (Å²) in [7, 11) is 0. The number of benzene rings is 1. The molecule has 0 aromatic heterocycles. The van der Waals surface area contributed by atoms with Crippen LogP contribution >= 0.6 is 0 Å². The van der Waals surface area contributed by atoms with Gasteiger partial charge in [-0.1, -0.05) is 30.3 Å². The Morgan fingerprint density at radius 2 is 2.00 bits per heavy atom. The van der Waals surface area contributed by atoms with Crippen LogP contribution in [0.4, 0.5) is 4.79 Å². The topological polar surface area (TPSA) is 62.6 Å². The number of carbonyl (C=O) groups is 1. The predicted molar refractivity (Wildman–Crippen MR) is 92.0 cm³/mol. The molecule has 1 aromatic carbocycles. The molecule has 1 N–H and O–H groups in total. The molecule has 0 spiro atoms. The van der Waals surface area contributed by atoms with E-state index in [-0.39, 0.29) is 12.1 Å². The maximum atomic E-state index is 12.5. The van der Waals surface area contributed by atoms with Gasteiger partial charge in [-0.3, -0.25) is 4.90 Å². The van der Waals surface area contributed by atoms with Crippen molar-refractivity contribution >= 4 is 6.03 Å². The molecule has 1 aromatic rings. The summed E-state index contributed by atoms with van der Waals surface area (Å²) in [6.45, 7) is 5.79. The van der Waals surface area contributed by atoms with Gasteiger partial charge in [0.2, 0.25) is 0 Å². The lowest BCUT2D eigenvalue weighted by Gasteiger charge is -2.24. The lowest BCUT2D eigenvalue weighted by Crippen LogP contribution is -2.46. The Hall–Kier alpha value is -2.26. The molecule has 0 aliphatic carbocycles. The molecule has 128 valence electrons. The van der Waals surface area contributed by atoms with Gasteiger partial charge in [0.05, 0.1) is 6.04 Å². The van der Waals surface area contributed by atoms with E-state index < -0.39 is 0 Å². The van der Waals surface area contributed by atoms with E-state index in [0.717, 1.165) is 52.1 Å². The van der Waals surface area contributed by atoms with Gasteiger partial charge in [-0.2, -0.15) is 5.26 Å². The Kier molecular flexibility index (Phi) is 5.55. The van der Waals surface area contributed by atoms with Crippen molar-refractivity contribution in [2.75, 3.05) is 39.3 Å². The maximum absolute atomic E-state index is 12.5. The van der Waals surface area contributed by atoms with E-state index in [2.05, 4.69) is 40.7 Å². The molecule has 1 unspecified atom stereocenters. The van der Waals surface area contributed by atoms with E-state index in [9.17, 15) is 4.79 Å². The zero-order valence-corrected chi connectivity index (χ0v) is 14.0. The van der Waals surface area contributed by atoms with Crippen molar-refractivity contribution in [3.05, 3.63) is 35.9 Å². The first-order chi connectivity index (χ1) is 11.7. The Morgan fingerprint density at radius 3 is 2.75 bits per heavy atom. The third-order valence-electron chi connectivity index (χ3n) is 4.78. The average Bonchev–Trinajstić information content (AvgIpc) is 2.92. The van der Waals surface area contributed by atoms with E-state index >= 15 is 0 Å². The molecule has 3 rings (SSSR count). The van der Waals surface area contributed by atoms with Crippen LogP contribution in [0.15, 0.2) is 30.3 Å². The van der Waals surface area contributed by atoms with Crippen molar-refractivity contribution in [2.45, 2.75) is 25.4 Å². The molecule has 2 amide bonds. The normalized spacial score (nSPS) is 22.0. The van der Waals surface area contributed by atoms with E-state index in [4.69, 9.17) is 5.26 Å². The number of nitrogens with one attached hydrogen (secondary N) is 1. The molecule has 2 fully saturated rings. The Labute approximate surface area is 143 Å². The van der Waals surface area contributed by atoms with Gasteiger partial charge < -0.3 is 15.1 Å². The molecule has 0 saturated carbocycles. The molecule has 1 atom stereocenters. The summed E-state index contributed by atoms with van der Waals surface area (Å²) >= 11 is 0. The lowest BCUT2D eigenvalue weighted by molar-refractivity contribution is 0.194. The largest absolute Gasteiger partial charge is 0.333 e. The summed E-state index contributed by atoms with van der Waals surface area (Å²) in [5.74, 6) is 0. The number of rotatable bonds is 3. The second kappa shape index (κ2) is 8.02. The highest BCUT2D eigenvalue weighted by Gasteiger charge is 2.26. The molecule has 2 aliphatic heterocycles. The minimum atomic E-state index is 0.0151. The summed E-state index contributed by atoms with van der Waals surface area (Å²) in [4.78, 5) is 18.5. The van der Waals surface area contributed by atoms with Gasteiger partial charge in [-0.15, -0.1) is 0 Å². The smallest absolute Gasteiger partial charge is 0.317 e. The third kappa shape index (κ3) is 4.39. The van der Waals surface area contributed by atoms with Gasteiger partial charge >= 0.3 is 6.03 Å². The first-order valence-corrected chi connectivity index (χ1v) is 8.71. The second-order valence-electron chi connectivity index (χ2n) is 6.58. The fourth-order valence-electron chi connectivity index (χ4n) is 3.41. The van der Waals surface area contributed by atoms with Crippen LogP contribution in [-0.4, -0.2) is 66.0 Å². The minimum Gasteiger partial charge on any atom is -0.333 e. The van der Waals surface area contributed by atoms with Gasteiger partial charge in [0.15, 0.2) is 6.19 Å². The number of likely N-dealkylation sites (tertiary alicyclic amines) is 1. The third-order valence-corrected chi connectivity index (χ3v) is 4.78. The van der Waals surface area contributed by atoms with Crippen LogP contribution in [0.25, 0.3) is 0 Å². The van der Waals surface area contributed by atoms with Crippen LogP contribution in [0, 0.1) is 11.5 Å². The number of hydrogen-bond acceptors (Lipinski definition) is 4. The summed E-state index contributed by atoms with van der Waals surface area (Å²) < 4.78 is 0. The predicted octanol–water partition coefficient (Wildman–Crippen LogP) is 1.46. The van der Waals surface area contributed by atoms with Crippen molar-refractivity contribution in [3.8, 4) is 6.19 Å². The van der Waals surface area contributed by atoms with E-state index in [1.165, 1.54) is 5.56 Å². The average molecular weight is 327 g/mol. The van der Waals surface area contributed by atoms with E-state index in [1.807, 2.05) is 11.0 Å². The standard InChI is InChI=1S/C18H25N5O/c19-15-22-10-7-17(14-22)20-18(24)23-9-4-8-21(11-12-23)13-16-5-2-1-3-6-16/h1-3,5-6,17H,4,7-14H2,(H,20,24). The van der Waals surface area contributed by atoms with Crippen molar-refractivity contribution in [1.29, 1.82) is 5.26 Å². The number of hydrogen-bond donors (Lipinski definition) is 1. The first-order valence-electron chi connectivity index (χ1n) is 8.71. The summed E-state index contributed by atoms with van der Waals surface area (Å²) in [5.41, 5.74) is 1.32. The Balaban J connectivity index is 1.46. The minimum absolute atomic E-state index is 0.0151. The van der Waals surface area contributed by atoms with Crippen LogP contribution < -0.4 is 5.32 Å². The molecule has 2 saturated heterocycles. The molecule has 6 heteroatoms. The summed E-state index contributed by atoms with van der Waals surface area (Å²) in [5, 5.41) is 12.0. The number of nitrogens with zero attached hydrogens (tertiary/aromatic N) is 4. The monoisotopic (exact) mass is 327 g/mol. The fourth-order valence-corrected chi connectivity index (χ4v) is 3.41. The molecule has 0 radical (unpaired) electrons. The van der Waals surface area contributed by atoms with Gasteiger partial charge in [0.1, 0.15) is 0 Å². The zero-order valence-electron chi connectivity index (χ0n) is 14.0. The highest BCUT2D eigenvalue weighted by molar-refractivity contribution is 5.74. The van der Waals surface area contributed by atoms with Gasteiger partial charge in [0, 0.05) is 45.8 Å². The van der Waals surface area contributed by atoms with Crippen molar-refractivity contribution in [1.82, 2.24) is 20.0 Å². The van der Waals surface area contributed by atoms with Crippen LogP contribution in [0.5, 0.6) is 0 Å². The SMILES string of the molecule is N#CN1CCC(NC(=O)N2CCCN(Cc3ccccc3)CC2)C1. The van der Waals surface area contributed by atoms with Crippen molar-refractivity contribution in [2.24, 2.45) is 0 Å². The van der Waals surface area contributed by atoms with E-state index in [1.54, 1.807) is 4.90 Å². The molecule has 0 bridgehead atoms. The van der Waals surface area contributed by atoms with Crippen LogP contribution in [0.1, 0.15) is 18.4 Å². The molecular weight excluding hydrogens is 302 g/mol. The van der Waals surface area contributed by atoms with Gasteiger partial charge in [-0.25, -0.2) is 4.79 Å². The fraction of sp³-hybridized carbons (Fsp3) is 0.556. The van der Waals surface area contributed by atoms with E-state index in [0.29, 0.717) is 6.54 Å². The number of carbonyl (C=O) groups excluding carboxylic acids is 1. The molecule has 6 nitrogen and oxygen atoms in total. The van der Waals surface area contributed by atoms with Crippen LogP contribution in [0.2, 0.25) is 0 Å². The molecular formula is C18H25N5O. The number of amides is 2. The highest BCUT2D eigenvalue weighted by Crippen LogP contribution is 2.11. The second-order valence-corrected chi connectivity index (χ2v) is 6.58. The molecule has 2 aliphatic rings. The van der Waals surface area contributed by atoms with Gasteiger partial charge in [0.25, 0.3) is 0 Å². The number of nitriles is 1. The highest BCUT2D eigenvalue weighted by atomic mass is 16.2. The van der Waals surface area contributed by atoms with Crippen molar-refractivity contribution < 1.29 is 4.79 Å². The van der Waals surface area contributed by atoms with Gasteiger partial charge in [-0.05, 0) is 18.4 Å². The van der Waals surface area contributed by atoms with Crippen molar-refractivity contribution in [3.63, 3.8) is 0 Å². The molecule has 2 heterocycles. The first kappa shape index (κ1) is 16.6. The summed E-state index contributed by atoms with van der Waals surface area (Å²) in [6, 6.07) is 10.6. The summed E-state index contributed by atoms with van der Waals surface area (Å²) in [6.07, 6.45) is 4.00. The quantitative estimate of drug-likeness (QED) is 0.854. The lowest BCUT2D eigenvalue weighted by atomic mass is 10.2. The van der Waals surface area contributed by atoms with Crippen LogP contribution in [-0.2, 0) is 6.54 Å². The maximum Gasteiger partial charge on any atom is 0.317 e. The Morgan fingerprint density at radius 1 is 1.17 bits per heavy atom. The Bertz CT molecular complexity index is 585. The van der Waals surface area contributed by atoms with Crippen LogP contribution in [0.3, 0.4) is 0 Å². The zero-order chi connectivity index (χ0) is 16.8.